The van der Waals surface area contributed by atoms with Gasteiger partial charge in [0, 0.05) is 104 Å². The molecule has 2 atom stereocenters. The van der Waals surface area contributed by atoms with Crippen LogP contribution >= 0.6 is 0 Å². The van der Waals surface area contributed by atoms with E-state index < -0.39 is 12.0 Å². The highest BCUT2D eigenvalue weighted by molar-refractivity contribution is 5.86. The molecule has 0 aromatic heterocycles. The molecule has 0 spiro atoms. The van der Waals surface area contributed by atoms with Crippen LogP contribution in [0.1, 0.15) is 71.2 Å². The molecule has 3 aliphatic heterocycles. The van der Waals surface area contributed by atoms with Gasteiger partial charge in [-0.15, -0.1) is 13.2 Å². The van der Waals surface area contributed by atoms with Gasteiger partial charge in [-0.2, -0.15) is 0 Å². The molecule has 12 nitrogen and oxygen atoms in total. The van der Waals surface area contributed by atoms with Crippen molar-refractivity contribution in [2.45, 2.75) is 91.0 Å². The number of carbonyl (C=O) groups is 3. The zero-order chi connectivity index (χ0) is 47.9. The van der Waals surface area contributed by atoms with Crippen molar-refractivity contribution in [3.63, 3.8) is 0 Å². The Morgan fingerprint density at radius 1 is 0.600 bits per heavy atom. The number of halogens is 3. The monoisotopic (exact) mass is 910 g/mol. The lowest BCUT2D eigenvalue weighted by molar-refractivity contribution is -0.274. The van der Waals surface area contributed by atoms with Gasteiger partial charge in [0.1, 0.15) is 11.8 Å². The highest BCUT2D eigenvalue weighted by Gasteiger charge is 2.40. The Balaban J connectivity index is 0.000000214. The van der Waals surface area contributed by atoms with Gasteiger partial charge in [-0.1, -0.05) is 72.8 Å². The fourth-order valence-electron chi connectivity index (χ4n) is 8.34. The molecule has 0 bridgehead atoms. The van der Waals surface area contributed by atoms with Crippen LogP contribution in [0.4, 0.5) is 13.2 Å². The average molecular weight is 910 g/mol. The van der Waals surface area contributed by atoms with Gasteiger partial charge in [0.15, 0.2) is 5.60 Å². The third kappa shape index (κ3) is 15.8. The van der Waals surface area contributed by atoms with Crippen LogP contribution in [0.5, 0.6) is 5.75 Å². The van der Waals surface area contributed by atoms with Gasteiger partial charge in [0.25, 0.3) is 5.91 Å². The first-order chi connectivity index (χ1) is 30.7. The maximum Gasteiger partial charge on any atom is 0.573 e. The number of benzene rings is 3. The lowest BCUT2D eigenvalue weighted by Gasteiger charge is -2.40. The number of amides is 3. The lowest BCUT2D eigenvalue weighted by Crippen LogP contribution is -2.55. The summed E-state index contributed by atoms with van der Waals surface area (Å²) >= 11 is 0. The zero-order valence-electron chi connectivity index (χ0n) is 40.4. The Kier molecular flexibility index (Phi) is 20.3. The third-order valence-electron chi connectivity index (χ3n) is 12.6. The number of nitrogens with zero attached hydrogens (tertiary/aromatic N) is 7. The van der Waals surface area contributed by atoms with Gasteiger partial charge >= 0.3 is 6.36 Å². The fraction of sp³-hybridized carbons (Fsp3) is 0.580. The number of hydrogen-bond acceptors (Lipinski definition) is 9. The number of rotatable bonds is 12. The van der Waals surface area contributed by atoms with Crippen molar-refractivity contribution in [3.05, 3.63) is 102 Å². The molecule has 0 radical (unpaired) electrons. The largest absolute Gasteiger partial charge is 0.573 e. The van der Waals surface area contributed by atoms with E-state index in [1.54, 1.807) is 12.0 Å². The number of piperazine rings is 3. The first kappa shape index (κ1) is 53.1. The van der Waals surface area contributed by atoms with Crippen molar-refractivity contribution < 1.29 is 37.0 Å². The number of likely N-dealkylation sites (N-methyl/N-ethyl adjacent to an activating group) is 1. The summed E-state index contributed by atoms with van der Waals surface area (Å²) in [4.78, 5) is 52.9. The van der Waals surface area contributed by atoms with Gasteiger partial charge in [0.2, 0.25) is 11.8 Å². The molecule has 3 saturated heterocycles. The molecule has 3 fully saturated rings. The second-order valence-electron chi connectivity index (χ2n) is 18.1. The van der Waals surface area contributed by atoms with E-state index in [2.05, 4.69) is 61.0 Å². The molecule has 360 valence electrons. The first-order valence-corrected chi connectivity index (χ1v) is 23.0. The molecular formula is C50H74F3N7O5. The van der Waals surface area contributed by atoms with Gasteiger partial charge < -0.3 is 24.2 Å². The summed E-state index contributed by atoms with van der Waals surface area (Å²) in [6.45, 7) is 25.0. The Morgan fingerprint density at radius 3 is 1.42 bits per heavy atom. The predicted octanol–water partition coefficient (Wildman–Crippen LogP) is 6.62. The first-order valence-electron chi connectivity index (χ1n) is 23.0. The van der Waals surface area contributed by atoms with Gasteiger partial charge in [-0.3, -0.25) is 34.0 Å². The zero-order valence-corrected chi connectivity index (χ0v) is 40.4. The molecule has 3 aromatic carbocycles. The summed E-state index contributed by atoms with van der Waals surface area (Å²) in [5.74, 6) is -0.00800. The van der Waals surface area contributed by atoms with Crippen LogP contribution in [-0.2, 0) is 31.1 Å². The van der Waals surface area contributed by atoms with E-state index in [1.807, 2.05) is 96.4 Å². The van der Waals surface area contributed by atoms with Crippen molar-refractivity contribution in [2.24, 2.45) is 0 Å². The highest BCUT2D eigenvalue weighted by atomic mass is 19.4. The van der Waals surface area contributed by atoms with E-state index >= 15 is 0 Å². The van der Waals surface area contributed by atoms with Gasteiger partial charge in [0.05, 0.1) is 6.42 Å². The molecule has 0 N–H and O–H groups in total. The van der Waals surface area contributed by atoms with Crippen LogP contribution in [0.3, 0.4) is 0 Å². The van der Waals surface area contributed by atoms with Crippen molar-refractivity contribution in [1.82, 2.24) is 34.3 Å². The molecule has 65 heavy (non-hydrogen) atoms. The molecule has 3 aliphatic rings. The van der Waals surface area contributed by atoms with E-state index in [-0.39, 0.29) is 35.9 Å². The molecule has 3 aromatic rings. The lowest BCUT2D eigenvalue weighted by atomic mass is 9.93. The summed E-state index contributed by atoms with van der Waals surface area (Å²) in [6.07, 6.45) is -4.51. The van der Waals surface area contributed by atoms with E-state index in [4.69, 9.17) is 4.74 Å². The minimum atomic E-state index is -4.70. The smallest absolute Gasteiger partial charge is 0.406 e. The summed E-state index contributed by atoms with van der Waals surface area (Å²) in [5.41, 5.74) is 1.75. The molecule has 15 heteroatoms. The number of carbonyl (C=O) groups excluding carboxylic acids is 3. The normalized spacial score (nSPS) is 18.1. The van der Waals surface area contributed by atoms with Crippen LogP contribution in [0, 0.1) is 0 Å². The Morgan fingerprint density at radius 2 is 1.02 bits per heavy atom. The number of ether oxygens (including phenoxy) is 2. The molecule has 2 unspecified atom stereocenters. The molecule has 6 rings (SSSR count). The molecule has 3 amide bonds. The van der Waals surface area contributed by atoms with Crippen molar-refractivity contribution in [1.29, 1.82) is 0 Å². The summed E-state index contributed by atoms with van der Waals surface area (Å²) in [6, 6.07) is 26.6. The van der Waals surface area contributed by atoms with Crippen molar-refractivity contribution >= 4 is 17.7 Å². The second-order valence-corrected chi connectivity index (χ2v) is 18.1. The van der Waals surface area contributed by atoms with E-state index in [1.165, 1.54) is 24.3 Å². The highest BCUT2D eigenvalue weighted by Crippen LogP contribution is 2.28. The van der Waals surface area contributed by atoms with Crippen molar-refractivity contribution in [3.8, 4) is 5.75 Å². The van der Waals surface area contributed by atoms with Crippen LogP contribution in [0.15, 0.2) is 84.9 Å². The molecule has 0 aliphatic carbocycles. The third-order valence-corrected chi connectivity index (χ3v) is 12.6. The van der Waals surface area contributed by atoms with Crippen LogP contribution in [-0.4, -0.2) is 176 Å². The maximum absolute atomic E-state index is 12.9. The number of methoxy groups -OCH3 is 1. The fourth-order valence-corrected chi connectivity index (χ4v) is 8.34. The summed E-state index contributed by atoms with van der Waals surface area (Å²) in [5, 5.41) is 0. The SMILES string of the molecule is CC(C)N1CCN(C(=O)C(c2ccccc2)N(C)C)CC1.CC(C)N1CCN(C(=O)Cc2ccc(OC(F)(F)F)cc2)CC1.COC(C)(C(=O)N1CCN(C(C)C)CC1)c1ccccc1. The number of hydrogen-bond donors (Lipinski definition) is 0. The van der Waals surface area contributed by atoms with Crippen molar-refractivity contribution in [2.75, 3.05) is 99.7 Å². The summed E-state index contributed by atoms with van der Waals surface area (Å²) in [7, 11) is 5.55. The summed E-state index contributed by atoms with van der Waals surface area (Å²) < 4.78 is 45.7. The quantitative estimate of drug-likeness (QED) is 0.199. The molecule has 0 saturated carbocycles. The van der Waals surface area contributed by atoms with Crippen LogP contribution < -0.4 is 4.74 Å². The standard InChI is InChI=1S/C17H27N3O.C17H26N2O2.C16H21F3N2O2/c1-14(2)19-10-12-20(13-11-19)17(21)16(18(3)4)15-8-6-5-7-9-15;1-14(2)18-10-12-19(13-11-18)16(20)17(3,21-4)15-8-6-5-7-9-15;1-12(2)20-7-9-21(10-8-20)15(22)11-13-3-5-14(6-4-13)23-16(17,18)19/h5-9,14,16H,10-13H2,1-4H3;5-9,14H,10-13H2,1-4H3;3-6,12H,7-11H2,1-2H3. The topological polar surface area (TPSA) is 92.3 Å². The Bertz CT molecular complexity index is 1880. The van der Waals surface area contributed by atoms with Gasteiger partial charge in [-0.05, 0) is 91.4 Å². The molecular weight excluding hydrogens is 836 g/mol. The number of alkyl halides is 3. The second kappa shape index (κ2) is 24.8. The predicted molar refractivity (Wildman–Crippen MR) is 250 cm³/mol. The molecule has 3 heterocycles. The maximum atomic E-state index is 12.9. The van der Waals surface area contributed by atoms with Crippen LogP contribution in [0.25, 0.3) is 0 Å². The van der Waals surface area contributed by atoms with E-state index in [9.17, 15) is 27.6 Å². The van der Waals surface area contributed by atoms with E-state index in [0.29, 0.717) is 36.8 Å². The van der Waals surface area contributed by atoms with E-state index in [0.717, 1.165) is 76.6 Å². The Hall–Kier alpha value is -4.54. The van der Waals surface area contributed by atoms with Gasteiger partial charge in [-0.25, -0.2) is 0 Å². The minimum Gasteiger partial charge on any atom is -0.406 e. The van der Waals surface area contributed by atoms with Crippen LogP contribution in [0.2, 0.25) is 0 Å². The average Bonchev–Trinajstić information content (AvgIpc) is 3.29. The Labute approximate surface area is 386 Å². The minimum absolute atomic E-state index is 0.00195.